The molecule has 126 valence electrons. The van der Waals surface area contributed by atoms with Crippen LogP contribution in [0.3, 0.4) is 0 Å². The smallest absolute Gasteiger partial charge is 0.244 e. The molecule has 0 bridgehead atoms. The second kappa shape index (κ2) is 7.18. The Labute approximate surface area is 144 Å². The first kappa shape index (κ1) is 16.7. The molecular formula is C21H26N2O. The molecule has 0 aromatic heterocycles. The molecule has 3 nitrogen and oxygen atoms in total. The summed E-state index contributed by atoms with van der Waals surface area (Å²) in [7, 11) is 0. The SMILES string of the molecule is Cc1ccc(C(N)C(=O)N(Cc2ccccc2)C(C)C2CC2)cc1. The summed E-state index contributed by atoms with van der Waals surface area (Å²) in [6, 6.07) is 17.7. The van der Waals surface area contributed by atoms with Crippen molar-refractivity contribution in [3.05, 3.63) is 71.3 Å². The van der Waals surface area contributed by atoms with Crippen LogP contribution in [-0.4, -0.2) is 16.8 Å². The molecule has 2 atom stereocenters. The predicted molar refractivity (Wildman–Crippen MR) is 97.3 cm³/mol. The first-order valence-electron chi connectivity index (χ1n) is 8.73. The number of amides is 1. The third-order valence-electron chi connectivity index (χ3n) is 4.98. The Bertz CT molecular complexity index is 677. The van der Waals surface area contributed by atoms with Gasteiger partial charge in [0.15, 0.2) is 0 Å². The van der Waals surface area contributed by atoms with Crippen molar-refractivity contribution in [2.45, 2.75) is 45.3 Å². The predicted octanol–water partition coefficient (Wildman–Crippen LogP) is 3.82. The van der Waals surface area contributed by atoms with Crippen LogP contribution in [-0.2, 0) is 11.3 Å². The van der Waals surface area contributed by atoms with Crippen molar-refractivity contribution in [3.8, 4) is 0 Å². The van der Waals surface area contributed by atoms with Gasteiger partial charge in [-0.3, -0.25) is 4.79 Å². The highest BCUT2D eigenvalue weighted by atomic mass is 16.2. The van der Waals surface area contributed by atoms with E-state index in [4.69, 9.17) is 5.73 Å². The molecule has 0 spiro atoms. The maximum atomic E-state index is 13.1. The van der Waals surface area contributed by atoms with Gasteiger partial charge in [0.2, 0.25) is 5.91 Å². The Morgan fingerprint density at radius 3 is 2.33 bits per heavy atom. The molecule has 1 fully saturated rings. The molecule has 1 amide bonds. The minimum Gasteiger partial charge on any atom is -0.334 e. The first-order chi connectivity index (χ1) is 11.6. The van der Waals surface area contributed by atoms with Crippen LogP contribution in [0.15, 0.2) is 54.6 Å². The molecule has 2 N–H and O–H groups in total. The summed E-state index contributed by atoms with van der Waals surface area (Å²) in [5, 5.41) is 0. The lowest BCUT2D eigenvalue weighted by Gasteiger charge is -2.32. The van der Waals surface area contributed by atoms with Crippen molar-refractivity contribution in [2.24, 2.45) is 11.7 Å². The van der Waals surface area contributed by atoms with Gasteiger partial charge < -0.3 is 10.6 Å². The molecule has 2 aromatic carbocycles. The van der Waals surface area contributed by atoms with Gasteiger partial charge in [-0.15, -0.1) is 0 Å². The topological polar surface area (TPSA) is 46.3 Å². The fourth-order valence-electron chi connectivity index (χ4n) is 3.13. The lowest BCUT2D eigenvalue weighted by Crippen LogP contribution is -2.44. The summed E-state index contributed by atoms with van der Waals surface area (Å²) in [6.45, 7) is 4.81. The van der Waals surface area contributed by atoms with Gasteiger partial charge in [-0.25, -0.2) is 0 Å². The number of nitrogens with two attached hydrogens (primary N) is 1. The minimum atomic E-state index is -0.601. The Kier molecular flexibility index (Phi) is 5.00. The van der Waals surface area contributed by atoms with Crippen molar-refractivity contribution in [1.29, 1.82) is 0 Å². The fraction of sp³-hybridized carbons (Fsp3) is 0.381. The highest BCUT2D eigenvalue weighted by Gasteiger charge is 2.36. The largest absolute Gasteiger partial charge is 0.334 e. The Hall–Kier alpha value is -2.13. The van der Waals surface area contributed by atoms with Crippen LogP contribution in [0, 0.1) is 12.8 Å². The normalized spacial score (nSPS) is 16.5. The summed E-state index contributed by atoms with van der Waals surface area (Å²) < 4.78 is 0. The lowest BCUT2D eigenvalue weighted by atomic mass is 10.0. The molecule has 0 heterocycles. The van der Waals surface area contributed by atoms with E-state index in [1.165, 1.54) is 18.4 Å². The zero-order valence-corrected chi connectivity index (χ0v) is 14.5. The average Bonchev–Trinajstić information content (AvgIpc) is 3.44. The maximum absolute atomic E-state index is 13.1. The number of carbonyl (C=O) groups is 1. The van der Waals surface area contributed by atoms with Crippen molar-refractivity contribution >= 4 is 5.91 Å². The molecule has 1 aliphatic rings. The summed E-state index contributed by atoms with van der Waals surface area (Å²) >= 11 is 0. The van der Waals surface area contributed by atoms with E-state index < -0.39 is 6.04 Å². The zero-order chi connectivity index (χ0) is 17.1. The summed E-state index contributed by atoms with van der Waals surface area (Å²) in [5.74, 6) is 0.630. The highest BCUT2D eigenvalue weighted by Crippen LogP contribution is 2.36. The molecule has 0 aliphatic heterocycles. The van der Waals surface area contributed by atoms with Gasteiger partial charge in [0.1, 0.15) is 6.04 Å². The van der Waals surface area contributed by atoms with E-state index in [1.54, 1.807) is 0 Å². The van der Waals surface area contributed by atoms with E-state index in [9.17, 15) is 4.79 Å². The lowest BCUT2D eigenvalue weighted by molar-refractivity contribution is -0.136. The van der Waals surface area contributed by atoms with Gasteiger partial charge >= 0.3 is 0 Å². The summed E-state index contributed by atoms with van der Waals surface area (Å²) in [5.41, 5.74) is 9.51. The van der Waals surface area contributed by atoms with Crippen LogP contribution in [0.25, 0.3) is 0 Å². The Morgan fingerprint density at radius 1 is 1.12 bits per heavy atom. The average molecular weight is 322 g/mol. The van der Waals surface area contributed by atoms with Crippen LogP contribution < -0.4 is 5.73 Å². The number of nitrogens with zero attached hydrogens (tertiary/aromatic N) is 1. The highest BCUT2D eigenvalue weighted by molar-refractivity contribution is 5.83. The fourth-order valence-corrected chi connectivity index (χ4v) is 3.13. The van der Waals surface area contributed by atoms with Gasteiger partial charge in [0, 0.05) is 12.6 Å². The van der Waals surface area contributed by atoms with Gasteiger partial charge in [-0.2, -0.15) is 0 Å². The number of benzene rings is 2. The van der Waals surface area contributed by atoms with Crippen molar-refractivity contribution in [3.63, 3.8) is 0 Å². The van der Waals surface area contributed by atoms with Crippen LogP contribution in [0.1, 0.15) is 42.5 Å². The van der Waals surface area contributed by atoms with E-state index in [-0.39, 0.29) is 11.9 Å². The third-order valence-corrected chi connectivity index (χ3v) is 4.98. The molecule has 1 aliphatic carbocycles. The number of hydrogen-bond acceptors (Lipinski definition) is 2. The number of carbonyl (C=O) groups excluding carboxylic acids is 1. The molecular weight excluding hydrogens is 296 g/mol. The van der Waals surface area contributed by atoms with E-state index in [0.29, 0.717) is 12.5 Å². The van der Waals surface area contributed by atoms with E-state index in [1.807, 2.05) is 54.3 Å². The van der Waals surface area contributed by atoms with Gasteiger partial charge in [-0.05, 0) is 43.7 Å². The summed E-state index contributed by atoms with van der Waals surface area (Å²) in [6.07, 6.45) is 2.42. The van der Waals surface area contributed by atoms with Crippen LogP contribution in [0.4, 0.5) is 0 Å². The Balaban J connectivity index is 1.80. The molecule has 0 radical (unpaired) electrons. The number of rotatable bonds is 6. The van der Waals surface area contributed by atoms with E-state index in [2.05, 4.69) is 19.1 Å². The van der Waals surface area contributed by atoms with Gasteiger partial charge in [0.25, 0.3) is 0 Å². The van der Waals surface area contributed by atoms with E-state index in [0.717, 1.165) is 11.1 Å². The van der Waals surface area contributed by atoms with Gasteiger partial charge in [-0.1, -0.05) is 60.2 Å². The van der Waals surface area contributed by atoms with E-state index >= 15 is 0 Å². The Morgan fingerprint density at radius 2 is 1.75 bits per heavy atom. The maximum Gasteiger partial charge on any atom is 0.244 e. The zero-order valence-electron chi connectivity index (χ0n) is 14.5. The van der Waals surface area contributed by atoms with Crippen molar-refractivity contribution in [1.82, 2.24) is 4.90 Å². The van der Waals surface area contributed by atoms with Crippen LogP contribution in [0.2, 0.25) is 0 Å². The quantitative estimate of drug-likeness (QED) is 0.879. The molecule has 3 heteroatoms. The second-order valence-electron chi connectivity index (χ2n) is 6.92. The molecule has 3 rings (SSSR count). The molecule has 2 unspecified atom stereocenters. The van der Waals surface area contributed by atoms with Crippen LogP contribution >= 0.6 is 0 Å². The molecule has 0 saturated heterocycles. The van der Waals surface area contributed by atoms with Gasteiger partial charge in [0.05, 0.1) is 0 Å². The number of hydrogen-bond donors (Lipinski definition) is 1. The minimum absolute atomic E-state index is 0.0158. The molecule has 2 aromatic rings. The first-order valence-corrected chi connectivity index (χ1v) is 8.73. The third kappa shape index (κ3) is 3.85. The summed E-state index contributed by atoms with van der Waals surface area (Å²) in [4.78, 5) is 15.1. The van der Waals surface area contributed by atoms with Crippen LogP contribution in [0.5, 0.6) is 0 Å². The second-order valence-corrected chi connectivity index (χ2v) is 6.92. The van der Waals surface area contributed by atoms with Crippen molar-refractivity contribution in [2.75, 3.05) is 0 Å². The standard InChI is InChI=1S/C21H26N2O/c1-15-8-10-19(11-9-15)20(22)21(24)23(16(2)18-12-13-18)14-17-6-4-3-5-7-17/h3-11,16,18,20H,12-14,22H2,1-2H3. The van der Waals surface area contributed by atoms with Crippen molar-refractivity contribution < 1.29 is 4.79 Å². The molecule has 1 saturated carbocycles. The monoisotopic (exact) mass is 322 g/mol. The number of aryl methyl sites for hydroxylation is 1. The molecule has 24 heavy (non-hydrogen) atoms.